The molecular weight excluding hydrogens is 565 g/mol. The van der Waals surface area contributed by atoms with E-state index in [0.29, 0.717) is 10.1 Å². The van der Waals surface area contributed by atoms with E-state index >= 15 is 0 Å². The van der Waals surface area contributed by atoms with E-state index in [-0.39, 0.29) is 23.6 Å². The summed E-state index contributed by atoms with van der Waals surface area (Å²) in [5.41, 5.74) is -3.00. The van der Waals surface area contributed by atoms with Crippen LogP contribution in [0.15, 0.2) is 95.9 Å². The number of nitrogens with zero attached hydrogens (tertiary/aromatic N) is 2. The van der Waals surface area contributed by atoms with Gasteiger partial charge >= 0.3 is 12.3 Å². The van der Waals surface area contributed by atoms with Crippen molar-refractivity contribution in [1.29, 1.82) is 0 Å². The number of ketones is 1. The van der Waals surface area contributed by atoms with Crippen LogP contribution in [0.4, 0.5) is 23.7 Å². The highest BCUT2D eigenvalue weighted by atomic mass is 19.4. The lowest BCUT2D eigenvalue weighted by Crippen LogP contribution is -2.64. The fourth-order valence-electron chi connectivity index (χ4n) is 4.51. The van der Waals surface area contributed by atoms with Gasteiger partial charge in [0, 0.05) is 18.9 Å². The molecule has 0 fully saturated rings. The zero-order chi connectivity index (χ0) is 31.2. The first-order chi connectivity index (χ1) is 20.4. The monoisotopic (exact) mass is 592 g/mol. The van der Waals surface area contributed by atoms with Crippen LogP contribution in [0.1, 0.15) is 23.6 Å². The number of rotatable bonds is 9. The summed E-state index contributed by atoms with van der Waals surface area (Å²) in [5.74, 6) is -3.79. The lowest BCUT2D eigenvalue weighted by molar-refractivity contribution is -0.183. The molecular formula is C31H27F3N4O5. The normalized spacial score (nSPS) is 12.6. The lowest BCUT2D eigenvalue weighted by atomic mass is 9.92. The Kier molecular flexibility index (Phi) is 9.08. The van der Waals surface area contributed by atoms with Gasteiger partial charge in [0.25, 0.3) is 11.3 Å². The molecule has 0 aliphatic carbocycles. The molecule has 2 amide bonds. The van der Waals surface area contributed by atoms with E-state index in [0.717, 1.165) is 18.7 Å². The second-order valence-corrected chi connectivity index (χ2v) is 9.72. The van der Waals surface area contributed by atoms with Crippen LogP contribution in [0.5, 0.6) is 0 Å². The molecule has 4 aromatic rings. The first-order valence-electron chi connectivity index (χ1n) is 13.0. The Morgan fingerprint density at radius 3 is 2.02 bits per heavy atom. The third-order valence-electron chi connectivity index (χ3n) is 6.42. The average Bonchev–Trinajstić information content (AvgIpc) is 2.97. The number of aromatic nitrogens is 2. The predicted octanol–water partition coefficient (Wildman–Crippen LogP) is 5.13. The molecule has 1 heterocycles. The fraction of sp³-hybridized carbons (Fsp3) is 0.194. The van der Waals surface area contributed by atoms with Crippen molar-refractivity contribution in [2.75, 3.05) is 5.32 Å². The van der Waals surface area contributed by atoms with Crippen molar-refractivity contribution in [3.05, 3.63) is 118 Å². The molecule has 0 bridgehead atoms. The number of amides is 2. The quantitative estimate of drug-likeness (QED) is 0.278. The smallest absolute Gasteiger partial charge is 0.444 e. The number of anilines is 1. The number of hydrogen-bond donors (Lipinski definition) is 2. The van der Waals surface area contributed by atoms with Crippen molar-refractivity contribution in [3.63, 3.8) is 0 Å². The van der Waals surface area contributed by atoms with E-state index in [4.69, 9.17) is 4.74 Å². The minimum atomic E-state index is -5.50. The van der Waals surface area contributed by atoms with E-state index in [9.17, 15) is 32.3 Å². The van der Waals surface area contributed by atoms with Crippen LogP contribution in [0.25, 0.3) is 11.4 Å². The highest BCUT2D eigenvalue weighted by molar-refractivity contribution is 5.95. The summed E-state index contributed by atoms with van der Waals surface area (Å²) in [6, 6.07) is 22.5. The molecule has 4 rings (SSSR count). The maximum Gasteiger partial charge on any atom is 0.454 e. The zero-order valence-corrected chi connectivity index (χ0v) is 23.1. The van der Waals surface area contributed by atoms with Gasteiger partial charge in [-0.05, 0) is 18.1 Å². The summed E-state index contributed by atoms with van der Waals surface area (Å²) in [6.07, 6.45) is -6.41. The molecule has 43 heavy (non-hydrogen) atoms. The number of alkyl halides is 3. The Bertz CT molecular complexity index is 1670. The second kappa shape index (κ2) is 12.7. The third kappa shape index (κ3) is 7.15. The SMILES string of the molecule is CC(=O)NC(Cc1ccccc1)(C(=O)C(F)(F)F)n1c(-c2ccc(C)cc2)ncc(NC(=O)OCc2ccccc2)c1=O. The Balaban J connectivity index is 1.94. The number of nitrogens with one attached hydrogen (secondary N) is 2. The van der Waals surface area contributed by atoms with Crippen LogP contribution in [-0.2, 0) is 33.0 Å². The highest BCUT2D eigenvalue weighted by Gasteiger charge is 2.56. The average molecular weight is 593 g/mol. The van der Waals surface area contributed by atoms with Crippen molar-refractivity contribution >= 4 is 23.5 Å². The number of halogens is 3. The number of benzene rings is 3. The van der Waals surface area contributed by atoms with Crippen molar-refractivity contribution < 1.29 is 32.3 Å². The topological polar surface area (TPSA) is 119 Å². The lowest BCUT2D eigenvalue weighted by Gasteiger charge is -2.37. The van der Waals surface area contributed by atoms with Gasteiger partial charge in [0.2, 0.25) is 5.91 Å². The maximum absolute atomic E-state index is 14.3. The summed E-state index contributed by atoms with van der Waals surface area (Å²) in [5, 5.41) is 4.34. The Morgan fingerprint density at radius 2 is 1.47 bits per heavy atom. The van der Waals surface area contributed by atoms with Gasteiger partial charge < -0.3 is 10.1 Å². The molecule has 9 nitrogen and oxygen atoms in total. The van der Waals surface area contributed by atoms with Crippen molar-refractivity contribution in [2.24, 2.45) is 0 Å². The molecule has 1 aromatic heterocycles. The first-order valence-corrected chi connectivity index (χ1v) is 13.0. The Morgan fingerprint density at radius 1 is 0.884 bits per heavy atom. The number of ether oxygens (including phenoxy) is 1. The van der Waals surface area contributed by atoms with Gasteiger partial charge in [-0.2, -0.15) is 13.2 Å². The summed E-state index contributed by atoms with van der Waals surface area (Å²) < 4.78 is 48.7. The molecule has 0 spiro atoms. The van der Waals surface area contributed by atoms with Crippen molar-refractivity contribution in [3.8, 4) is 11.4 Å². The summed E-state index contributed by atoms with van der Waals surface area (Å²) >= 11 is 0. The molecule has 0 saturated heterocycles. The van der Waals surface area contributed by atoms with Gasteiger partial charge in [-0.15, -0.1) is 0 Å². The zero-order valence-electron chi connectivity index (χ0n) is 23.1. The van der Waals surface area contributed by atoms with E-state index in [2.05, 4.69) is 15.6 Å². The van der Waals surface area contributed by atoms with Gasteiger partial charge in [-0.25, -0.2) is 9.78 Å². The largest absolute Gasteiger partial charge is 0.454 e. The molecule has 0 aliphatic rings. The molecule has 0 aliphatic heterocycles. The number of carbonyl (C=O) groups is 3. The minimum absolute atomic E-state index is 0.161. The fourth-order valence-corrected chi connectivity index (χ4v) is 4.51. The van der Waals surface area contributed by atoms with E-state index in [1.165, 1.54) is 36.4 Å². The van der Waals surface area contributed by atoms with Crippen molar-refractivity contribution in [2.45, 2.75) is 38.7 Å². The minimum Gasteiger partial charge on any atom is -0.444 e. The summed E-state index contributed by atoms with van der Waals surface area (Å²) in [4.78, 5) is 56.8. The molecule has 2 N–H and O–H groups in total. The highest BCUT2D eigenvalue weighted by Crippen LogP contribution is 2.33. The third-order valence-corrected chi connectivity index (χ3v) is 6.42. The first kappa shape index (κ1) is 30.7. The number of carbonyl (C=O) groups excluding carboxylic acids is 3. The number of hydrogen-bond acceptors (Lipinski definition) is 6. The van der Waals surface area contributed by atoms with Crippen LogP contribution in [-0.4, -0.2) is 33.5 Å². The number of aryl methyl sites for hydroxylation is 1. The number of Topliss-reactive ketones (excluding diaryl/α,β-unsaturated/α-hetero) is 1. The molecule has 12 heteroatoms. The van der Waals surface area contributed by atoms with E-state index in [1.54, 1.807) is 55.5 Å². The summed E-state index contributed by atoms with van der Waals surface area (Å²) in [6.45, 7) is 2.55. The van der Waals surface area contributed by atoms with Gasteiger partial charge in [-0.1, -0.05) is 90.5 Å². The molecule has 1 unspecified atom stereocenters. The Labute approximate surface area is 244 Å². The van der Waals surface area contributed by atoms with E-state index in [1.807, 2.05) is 0 Å². The van der Waals surface area contributed by atoms with Crippen molar-refractivity contribution in [1.82, 2.24) is 14.9 Å². The van der Waals surface area contributed by atoms with Gasteiger partial charge in [0.05, 0.1) is 6.20 Å². The predicted molar refractivity (Wildman–Crippen MR) is 152 cm³/mol. The molecule has 0 radical (unpaired) electrons. The van der Waals surface area contributed by atoms with Crippen LogP contribution >= 0.6 is 0 Å². The van der Waals surface area contributed by atoms with Gasteiger partial charge in [-0.3, -0.25) is 24.3 Å². The van der Waals surface area contributed by atoms with Crippen LogP contribution in [0.3, 0.4) is 0 Å². The van der Waals surface area contributed by atoms with Crippen LogP contribution in [0.2, 0.25) is 0 Å². The molecule has 3 aromatic carbocycles. The molecule has 0 saturated carbocycles. The second-order valence-electron chi connectivity index (χ2n) is 9.72. The van der Waals surface area contributed by atoms with E-state index < -0.39 is 47.3 Å². The Hall–Kier alpha value is -5.26. The van der Waals surface area contributed by atoms with Gasteiger partial charge in [0.15, 0.2) is 5.66 Å². The summed E-state index contributed by atoms with van der Waals surface area (Å²) in [7, 11) is 0. The maximum atomic E-state index is 14.3. The standard InChI is InChI=1S/C31H27F3N4O5/c1-20-13-15-24(16-14-20)26-35-18-25(36-29(42)43-19-23-11-7-4-8-12-23)27(40)38(26)30(37-21(2)39,28(41)31(32,33)34)17-22-9-5-3-6-10-22/h3-16,18H,17,19H2,1-2H3,(H,36,42)(H,37,39). The van der Waals surface area contributed by atoms with Gasteiger partial charge in [0.1, 0.15) is 18.1 Å². The van der Waals surface area contributed by atoms with Crippen LogP contribution in [0, 0.1) is 6.92 Å². The van der Waals surface area contributed by atoms with Crippen LogP contribution < -0.4 is 16.2 Å². The molecule has 1 atom stereocenters. The molecule has 222 valence electrons.